The van der Waals surface area contributed by atoms with Crippen molar-refractivity contribution in [1.82, 2.24) is 5.32 Å². The van der Waals surface area contributed by atoms with Crippen molar-refractivity contribution in [1.29, 1.82) is 0 Å². The Morgan fingerprint density at radius 3 is 2.62 bits per heavy atom. The molecule has 1 heteroatoms. The summed E-state index contributed by atoms with van der Waals surface area (Å²) in [6.07, 6.45) is 15.6. The molecule has 0 radical (unpaired) electrons. The minimum Gasteiger partial charge on any atom is -0.310 e. The quantitative estimate of drug-likeness (QED) is 0.256. The molecule has 0 spiro atoms. The Morgan fingerprint density at radius 2 is 1.88 bits per heavy atom. The van der Waals surface area contributed by atoms with Crippen molar-refractivity contribution in [3.8, 4) is 0 Å². The largest absolute Gasteiger partial charge is 0.310 e. The molecule has 168 valence electrons. The first-order valence-corrected chi connectivity index (χ1v) is 12.2. The van der Waals surface area contributed by atoms with Crippen molar-refractivity contribution in [3.63, 3.8) is 0 Å². The molecule has 32 heavy (non-hydrogen) atoms. The molecule has 0 bridgehead atoms. The molecular formula is C31H39N. The summed E-state index contributed by atoms with van der Waals surface area (Å²) in [5.74, 6) is 1.22. The van der Waals surface area contributed by atoms with Crippen LogP contribution in [0.15, 0.2) is 86.2 Å². The standard InChI is InChI=1S/C31H39N/c1-4-7-13-25(12-5-2)18-21-29-22-27(19-20-28(29)6-3)23-30-16-11-17-31(30)32-24-26-14-9-8-10-15-26/h4,6,8-10,12,14-15,19-20,22,25,30-32H,1-3,7,11,13,16-18,21,23-24H2. The second kappa shape index (κ2) is 13.1. The number of benzene rings is 2. The zero-order valence-electron chi connectivity index (χ0n) is 19.6. The van der Waals surface area contributed by atoms with Gasteiger partial charge in [0.15, 0.2) is 0 Å². The van der Waals surface area contributed by atoms with E-state index in [1.54, 1.807) is 0 Å². The Bertz CT molecular complexity index is 903. The van der Waals surface area contributed by atoms with Crippen LogP contribution in [0.4, 0.5) is 0 Å². The van der Waals surface area contributed by atoms with Gasteiger partial charge in [-0.15, -0.1) is 12.3 Å². The summed E-state index contributed by atoms with van der Waals surface area (Å²) >= 11 is 0. The number of hydrogen-bond donors (Lipinski definition) is 1. The van der Waals surface area contributed by atoms with E-state index in [2.05, 4.69) is 85.4 Å². The Morgan fingerprint density at radius 1 is 1.03 bits per heavy atom. The van der Waals surface area contributed by atoms with Gasteiger partial charge in [0.25, 0.3) is 0 Å². The van der Waals surface area contributed by atoms with E-state index in [4.69, 9.17) is 0 Å². The third-order valence-corrected chi connectivity index (χ3v) is 6.88. The highest BCUT2D eigenvalue weighted by molar-refractivity contribution is 5.53. The zero-order valence-corrected chi connectivity index (χ0v) is 19.6. The molecule has 1 aliphatic carbocycles. The summed E-state index contributed by atoms with van der Waals surface area (Å²) < 4.78 is 0. The van der Waals surface area contributed by atoms with Crippen LogP contribution in [0.25, 0.3) is 6.08 Å². The van der Waals surface area contributed by atoms with Gasteiger partial charge in [0, 0.05) is 12.6 Å². The summed E-state index contributed by atoms with van der Waals surface area (Å²) in [6, 6.07) is 18.4. The molecule has 0 aromatic heterocycles. The maximum Gasteiger partial charge on any atom is 0.0208 e. The highest BCUT2D eigenvalue weighted by Crippen LogP contribution is 2.30. The fourth-order valence-corrected chi connectivity index (χ4v) is 5.05. The van der Waals surface area contributed by atoms with Gasteiger partial charge in [0.1, 0.15) is 0 Å². The monoisotopic (exact) mass is 425 g/mol. The number of aryl methyl sites for hydroxylation is 1. The molecular weight excluding hydrogens is 386 g/mol. The molecule has 2 aromatic rings. The van der Waals surface area contributed by atoms with E-state index in [1.165, 1.54) is 41.5 Å². The third-order valence-electron chi connectivity index (χ3n) is 6.88. The number of rotatable bonds is 13. The molecule has 1 nitrogen and oxygen atoms in total. The Hall–Kier alpha value is -2.60. The van der Waals surface area contributed by atoms with Crippen LogP contribution in [-0.4, -0.2) is 6.04 Å². The molecule has 1 fully saturated rings. The number of nitrogens with one attached hydrogen (secondary N) is 1. The summed E-state index contributed by atoms with van der Waals surface area (Å²) in [6.45, 7) is 12.7. The molecule has 0 amide bonds. The van der Waals surface area contributed by atoms with Crippen LogP contribution >= 0.6 is 0 Å². The fourth-order valence-electron chi connectivity index (χ4n) is 5.05. The minimum atomic E-state index is 0.508. The molecule has 0 heterocycles. The molecule has 1 aliphatic rings. The summed E-state index contributed by atoms with van der Waals surface area (Å²) in [7, 11) is 0. The van der Waals surface area contributed by atoms with Crippen LogP contribution in [0.2, 0.25) is 0 Å². The lowest BCUT2D eigenvalue weighted by Crippen LogP contribution is -2.32. The van der Waals surface area contributed by atoms with Gasteiger partial charge in [-0.2, -0.15) is 0 Å². The lowest BCUT2D eigenvalue weighted by Gasteiger charge is -2.22. The summed E-state index contributed by atoms with van der Waals surface area (Å²) in [5.41, 5.74) is 8.52. The Balaban J connectivity index is 1.62. The van der Waals surface area contributed by atoms with Crippen molar-refractivity contribution in [2.45, 2.75) is 64.0 Å². The van der Waals surface area contributed by atoms with Crippen molar-refractivity contribution in [2.75, 3.05) is 0 Å². The third kappa shape index (κ3) is 7.23. The van der Waals surface area contributed by atoms with Gasteiger partial charge in [0.05, 0.1) is 0 Å². The van der Waals surface area contributed by atoms with Crippen LogP contribution in [0, 0.1) is 11.8 Å². The van der Waals surface area contributed by atoms with E-state index in [0.717, 1.165) is 38.6 Å². The molecule has 0 aliphatic heterocycles. The summed E-state index contributed by atoms with van der Waals surface area (Å²) in [5, 5.41) is 3.84. The molecule has 2 aromatic carbocycles. The molecule has 3 atom stereocenters. The second-order valence-corrected chi connectivity index (χ2v) is 9.14. The van der Waals surface area contributed by atoms with E-state index >= 15 is 0 Å². The van der Waals surface area contributed by atoms with E-state index in [0.29, 0.717) is 17.9 Å². The van der Waals surface area contributed by atoms with Crippen molar-refractivity contribution in [3.05, 3.63) is 108 Å². The van der Waals surface area contributed by atoms with Crippen molar-refractivity contribution < 1.29 is 0 Å². The molecule has 3 unspecified atom stereocenters. The lowest BCUT2D eigenvalue weighted by molar-refractivity contribution is 0.397. The zero-order chi connectivity index (χ0) is 22.6. The highest BCUT2D eigenvalue weighted by Gasteiger charge is 2.27. The average Bonchev–Trinajstić information content (AvgIpc) is 3.27. The smallest absolute Gasteiger partial charge is 0.0208 e. The second-order valence-electron chi connectivity index (χ2n) is 9.14. The highest BCUT2D eigenvalue weighted by atomic mass is 14.9. The van der Waals surface area contributed by atoms with E-state index in [9.17, 15) is 0 Å². The molecule has 1 N–H and O–H groups in total. The fraction of sp³-hybridized carbons (Fsp3) is 0.387. The van der Waals surface area contributed by atoms with E-state index < -0.39 is 0 Å². The first-order chi connectivity index (χ1) is 15.7. The van der Waals surface area contributed by atoms with Crippen molar-refractivity contribution >= 4 is 6.08 Å². The van der Waals surface area contributed by atoms with E-state index in [1.807, 2.05) is 12.2 Å². The van der Waals surface area contributed by atoms with Crippen LogP contribution in [0.3, 0.4) is 0 Å². The lowest BCUT2D eigenvalue weighted by atomic mass is 9.89. The van der Waals surface area contributed by atoms with Gasteiger partial charge in [-0.1, -0.05) is 80.3 Å². The first kappa shape index (κ1) is 24.1. The van der Waals surface area contributed by atoms with Crippen LogP contribution in [-0.2, 0) is 19.4 Å². The predicted molar refractivity (Wildman–Crippen MR) is 140 cm³/mol. The average molecular weight is 426 g/mol. The van der Waals surface area contributed by atoms with Crippen molar-refractivity contribution in [2.24, 2.45) is 11.8 Å². The predicted octanol–water partition coefficient (Wildman–Crippen LogP) is 7.69. The molecule has 1 saturated carbocycles. The van der Waals surface area contributed by atoms with Gasteiger partial charge in [-0.25, -0.2) is 0 Å². The minimum absolute atomic E-state index is 0.508. The van der Waals surface area contributed by atoms with Gasteiger partial charge in [-0.05, 0) is 85.1 Å². The normalized spacial score (nSPS) is 18.6. The van der Waals surface area contributed by atoms with Crippen LogP contribution in [0.5, 0.6) is 0 Å². The molecule has 3 rings (SSSR count). The SMILES string of the molecule is C=C=CC(CCC=C)CCc1cc(CC2CCCC2NCc2ccccc2)ccc1C=C. The molecule has 0 saturated heterocycles. The Labute approximate surface area is 195 Å². The Kier molecular flexibility index (Phi) is 9.82. The van der Waals surface area contributed by atoms with Gasteiger partial charge < -0.3 is 5.32 Å². The van der Waals surface area contributed by atoms with Gasteiger partial charge in [0.2, 0.25) is 0 Å². The first-order valence-electron chi connectivity index (χ1n) is 12.2. The van der Waals surface area contributed by atoms with Crippen LogP contribution < -0.4 is 5.32 Å². The number of allylic oxidation sites excluding steroid dienone is 2. The van der Waals surface area contributed by atoms with E-state index in [-0.39, 0.29) is 0 Å². The van der Waals surface area contributed by atoms with Gasteiger partial charge in [-0.3, -0.25) is 0 Å². The number of hydrogen-bond acceptors (Lipinski definition) is 1. The topological polar surface area (TPSA) is 12.0 Å². The summed E-state index contributed by atoms with van der Waals surface area (Å²) in [4.78, 5) is 0. The van der Waals surface area contributed by atoms with Crippen LogP contribution in [0.1, 0.15) is 60.8 Å². The maximum absolute atomic E-state index is 4.05. The van der Waals surface area contributed by atoms with Gasteiger partial charge >= 0.3 is 0 Å². The maximum atomic E-state index is 4.05.